The van der Waals surface area contributed by atoms with Crippen molar-refractivity contribution in [1.29, 1.82) is 0 Å². The molecule has 2 aliphatic rings. The van der Waals surface area contributed by atoms with E-state index in [4.69, 9.17) is 14.5 Å². The van der Waals surface area contributed by atoms with Crippen LogP contribution in [0.2, 0.25) is 0 Å². The molecule has 0 aliphatic carbocycles. The molecule has 2 aliphatic heterocycles. The highest BCUT2D eigenvalue weighted by Gasteiger charge is 2.45. The van der Waals surface area contributed by atoms with Crippen molar-refractivity contribution in [3.63, 3.8) is 0 Å². The van der Waals surface area contributed by atoms with Crippen molar-refractivity contribution in [2.24, 2.45) is 4.99 Å². The minimum atomic E-state index is -0.400. The molecule has 2 aromatic rings. The number of nitrogens with one attached hydrogen (secondary N) is 2. The molecule has 1 spiro atoms. The van der Waals surface area contributed by atoms with Crippen molar-refractivity contribution in [2.75, 3.05) is 45.8 Å². The quantitative estimate of drug-likeness (QED) is 0.700. The van der Waals surface area contributed by atoms with Crippen molar-refractivity contribution in [2.45, 2.75) is 24.9 Å². The highest BCUT2D eigenvalue weighted by atomic mass is 16.5. The molecular weight excluding hydrogens is 392 g/mol. The number of hydrogen-bond acceptors (Lipinski definition) is 5. The molecule has 4 rings (SSSR count). The number of rotatable bonds is 6. The summed E-state index contributed by atoms with van der Waals surface area (Å²) in [7, 11) is 3.31. The monoisotopic (exact) mass is 422 g/mol. The Balaban J connectivity index is 1.54. The van der Waals surface area contributed by atoms with Gasteiger partial charge in [-0.15, -0.1) is 0 Å². The first kappa shape index (κ1) is 21.3. The number of hydrogen-bond donors (Lipinski definition) is 2. The van der Waals surface area contributed by atoms with Gasteiger partial charge in [0.25, 0.3) is 0 Å². The van der Waals surface area contributed by atoms with Crippen LogP contribution in [-0.2, 0) is 22.5 Å². The average Bonchev–Trinajstić information content (AvgIpc) is 3.17. The van der Waals surface area contributed by atoms with Gasteiger partial charge in [-0.3, -0.25) is 15.1 Å². The molecule has 0 saturated carbocycles. The Bertz CT molecular complexity index is 961. The van der Waals surface area contributed by atoms with Crippen LogP contribution in [0.3, 0.4) is 0 Å². The number of methoxy groups -OCH3 is 2. The number of nitrogens with zero attached hydrogens (tertiary/aromatic N) is 2. The first-order chi connectivity index (χ1) is 15.1. The van der Waals surface area contributed by atoms with Crippen LogP contribution in [0.25, 0.3) is 0 Å². The second-order valence-corrected chi connectivity index (χ2v) is 7.99. The molecule has 1 saturated heterocycles. The van der Waals surface area contributed by atoms with Crippen LogP contribution in [0.1, 0.15) is 17.5 Å². The third-order valence-corrected chi connectivity index (χ3v) is 6.06. The number of amides is 1. The lowest BCUT2D eigenvalue weighted by Crippen LogP contribution is -2.55. The third kappa shape index (κ3) is 4.57. The highest BCUT2D eigenvalue weighted by Crippen LogP contribution is 2.30. The fourth-order valence-electron chi connectivity index (χ4n) is 4.32. The number of ether oxygens (including phenoxy) is 2. The summed E-state index contributed by atoms with van der Waals surface area (Å²) >= 11 is 0. The summed E-state index contributed by atoms with van der Waals surface area (Å²) < 4.78 is 10.6. The van der Waals surface area contributed by atoms with Gasteiger partial charge in [0.15, 0.2) is 0 Å². The Morgan fingerprint density at radius 2 is 1.97 bits per heavy atom. The minimum absolute atomic E-state index is 0.0983. The predicted octanol–water partition coefficient (Wildman–Crippen LogP) is 2.47. The average molecular weight is 423 g/mol. The van der Waals surface area contributed by atoms with Gasteiger partial charge < -0.3 is 19.7 Å². The zero-order valence-electron chi connectivity index (χ0n) is 18.2. The molecule has 0 bridgehead atoms. The lowest BCUT2D eigenvalue weighted by atomic mass is 9.96. The molecule has 164 valence electrons. The molecule has 1 amide bonds. The Morgan fingerprint density at radius 1 is 1.16 bits per heavy atom. The van der Waals surface area contributed by atoms with E-state index in [9.17, 15) is 4.79 Å². The number of amidine groups is 1. The summed E-state index contributed by atoms with van der Waals surface area (Å²) in [4.78, 5) is 19.9. The predicted molar refractivity (Wildman–Crippen MR) is 122 cm³/mol. The van der Waals surface area contributed by atoms with E-state index >= 15 is 0 Å². The van der Waals surface area contributed by atoms with E-state index in [2.05, 4.69) is 22.8 Å². The van der Waals surface area contributed by atoms with Crippen molar-refractivity contribution < 1.29 is 14.3 Å². The van der Waals surface area contributed by atoms with E-state index in [0.717, 1.165) is 35.8 Å². The number of likely N-dealkylation sites (tertiary alicyclic amines) is 1. The lowest BCUT2D eigenvalue weighted by molar-refractivity contribution is -0.129. The molecule has 2 heterocycles. The lowest BCUT2D eigenvalue weighted by Gasteiger charge is -2.30. The first-order valence-corrected chi connectivity index (χ1v) is 10.7. The summed E-state index contributed by atoms with van der Waals surface area (Å²) in [5.41, 5.74) is 2.76. The molecule has 0 aromatic heterocycles. The number of anilines is 1. The first-order valence-electron chi connectivity index (χ1n) is 10.7. The second kappa shape index (κ2) is 9.49. The topological polar surface area (TPSA) is 75.2 Å². The molecule has 1 fully saturated rings. The van der Waals surface area contributed by atoms with Crippen LogP contribution in [0.5, 0.6) is 5.75 Å². The number of aliphatic imine (C=N–C) groups is 1. The molecule has 2 aromatic carbocycles. The Kier molecular flexibility index (Phi) is 6.53. The van der Waals surface area contributed by atoms with E-state index in [1.165, 1.54) is 5.56 Å². The molecule has 1 atom stereocenters. The number of benzene rings is 2. The number of fused-ring (bicyclic) bond motifs is 1. The number of carbonyl (C=O) groups excluding carboxylic acids is 1. The van der Waals surface area contributed by atoms with Crippen LogP contribution in [0.4, 0.5) is 5.69 Å². The smallest absolute Gasteiger partial charge is 0.227 e. The van der Waals surface area contributed by atoms with Crippen molar-refractivity contribution >= 4 is 17.4 Å². The van der Waals surface area contributed by atoms with Crippen LogP contribution < -0.4 is 15.4 Å². The minimum Gasteiger partial charge on any atom is -0.496 e. The summed E-state index contributed by atoms with van der Waals surface area (Å²) in [5, 5.41) is 7.26. The zero-order valence-corrected chi connectivity index (χ0v) is 18.2. The van der Waals surface area contributed by atoms with Crippen molar-refractivity contribution in [3.05, 3.63) is 59.7 Å². The number of para-hydroxylation sites is 2. The fraction of sp³-hybridized carbons (Fsp3) is 0.417. The molecule has 31 heavy (non-hydrogen) atoms. The molecule has 2 N–H and O–H groups in total. The van der Waals surface area contributed by atoms with E-state index in [0.29, 0.717) is 32.7 Å². The maximum Gasteiger partial charge on any atom is 0.227 e. The van der Waals surface area contributed by atoms with Gasteiger partial charge in [-0.2, -0.15) is 0 Å². The summed E-state index contributed by atoms with van der Waals surface area (Å²) in [6.07, 6.45) is 1.13. The Hall–Kier alpha value is -2.90. The molecule has 1 unspecified atom stereocenters. The molecular formula is C24H30N4O3. The largest absolute Gasteiger partial charge is 0.496 e. The van der Waals surface area contributed by atoms with Crippen molar-refractivity contribution in [3.8, 4) is 5.75 Å². The Labute approximate surface area is 183 Å². The van der Waals surface area contributed by atoms with Gasteiger partial charge >= 0.3 is 0 Å². The maximum atomic E-state index is 13.1. The maximum absolute atomic E-state index is 13.1. The van der Waals surface area contributed by atoms with Gasteiger partial charge in [0, 0.05) is 38.0 Å². The zero-order chi connectivity index (χ0) is 21.7. The van der Waals surface area contributed by atoms with Crippen molar-refractivity contribution in [1.82, 2.24) is 10.2 Å². The molecule has 0 radical (unpaired) electrons. The van der Waals surface area contributed by atoms with E-state index in [1.807, 2.05) is 41.3 Å². The van der Waals surface area contributed by atoms with Gasteiger partial charge in [-0.25, -0.2) is 0 Å². The summed E-state index contributed by atoms with van der Waals surface area (Å²) in [5.74, 6) is 1.72. The summed E-state index contributed by atoms with van der Waals surface area (Å²) in [6, 6.07) is 15.9. The van der Waals surface area contributed by atoms with Gasteiger partial charge in [0.05, 0.1) is 32.2 Å². The van der Waals surface area contributed by atoms with Gasteiger partial charge in [-0.05, 0) is 24.1 Å². The fourth-order valence-corrected chi connectivity index (χ4v) is 4.32. The number of carbonyl (C=O) groups is 1. The third-order valence-electron chi connectivity index (χ3n) is 6.06. The second-order valence-electron chi connectivity index (χ2n) is 7.99. The van der Waals surface area contributed by atoms with Crippen LogP contribution in [0, 0.1) is 0 Å². The van der Waals surface area contributed by atoms with Crippen LogP contribution in [-0.4, -0.2) is 62.6 Å². The van der Waals surface area contributed by atoms with E-state index < -0.39 is 5.54 Å². The van der Waals surface area contributed by atoms with Crippen LogP contribution in [0.15, 0.2) is 53.5 Å². The SMILES string of the molecule is COCCN=C1Nc2ccccc2CNC12CCN(C(=O)Cc1ccccc1OC)C2. The highest BCUT2D eigenvalue weighted by molar-refractivity contribution is 6.04. The Morgan fingerprint density at radius 3 is 2.81 bits per heavy atom. The van der Waals surface area contributed by atoms with E-state index in [1.54, 1.807) is 14.2 Å². The normalized spacial score (nSPS) is 21.6. The van der Waals surface area contributed by atoms with Gasteiger partial charge in [0.1, 0.15) is 11.6 Å². The standard InChI is InChI=1S/C24H30N4O3/c1-30-14-12-25-23-24(26-16-19-8-3-5-9-20(19)27-23)11-13-28(17-24)22(29)15-18-7-4-6-10-21(18)31-2/h3-10,26H,11-17H2,1-2H3,(H,25,27). The van der Waals surface area contributed by atoms with Crippen LogP contribution >= 0.6 is 0 Å². The van der Waals surface area contributed by atoms with Gasteiger partial charge in [-0.1, -0.05) is 36.4 Å². The molecule has 7 nitrogen and oxygen atoms in total. The van der Waals surface area contributed by atoms with E-state index in [-0.39, 0.29) is 5.91 Å². The molecule has 7 heteroatoms. The summed E-state index contributed by atoms with van der Waals surface area (Å²) in [6.45, 7) is 3.11. The van der Waals surface area contributed by atoms with Gasteiger partial charge in [0.2, 0.25) is 5.91 Å².